The highest BCUT2D eigenvalue weighted by Crippen LogP contribution is 2.41. The normalized spacial score (nSPS) is 24.0. The van der Waals surface area contributed by atoms with Crippen molar-refractivity contribution < 1.29 is 8.78 Å². The first kappa shape index (κ1) is 15.6. The van der Waals surface area contributed by atoms with Crippen LogP contribution in [0.15, 0.2) is 18.3 Å². The predicted molar refractivity (Wildman–Crippen MR) is 89.7 cm³/mol. The maximum Gasteiger partial charge on any atom is 0.182 e. The van der Waals surface area contributed by atoms with Crippen molar-refractivity contribution in [2.24, 2.45) is 24.6 Å². The molecule has 128 valence electrons. The Morgan fingerprint density at radius 2 is 1.75 bits per heavy atom. The summed E-state index contributed by atoms with van der Waals surface area (Å²) in [6.07, 6.45) is 3.69. The van der Waals surface area contributed by atoms with Gasteiger partial charge in [-0.05, 0) is 43.7 Å². The zero-order chi connectivity index (χ0) is 17.0. The number of hydrogen-bond acceptors (Lipinski definition) is 3. The van der Waals surface area contributed by atoms with Crippen LogP contribution in [0.3, 0.4) is 0 Å². The van der Waals surface area contributed by atoms with Crippen molar-refractivity contribution in [3.63, 3.8) is 0 Å². The summed E-state index contributed by atoms with van der Waals surface area (Å²) in [6.45, 7) is 3.32. The van der Waals surface area contributed by atoms with Gasteiger partial charge in [0.1, 0.15) is 0 Å². The van der Waals surface area contributed by atoms with Gasteiger partial charge in [-0.15, -0.1) is 0 Å². The fraction of sp³-hybridized carbons (Fsp3) is 0.500. The largest absolute Gasteiger partial charge is 0.369 e. The second-order valence-electron chi connectivity index (χ2n) is 7.22. The third-order valence-electron chi connectivity index (χ3n) is 5.49. The highest BCUT2D eigenvalue weighted by Gasteiger charge is 2.40. The molecular formula is C18H22F2N4. The topological polar surface area (TPSA) is 47.1 Å². The first-order chi connectivity index (χ1) is 11.4. The van der Waals surface area contributed by atoms with Gasteiger partial charge in [-0.25, -0.2) is 8.78 Å². The molecule has 6 heteroatoms. The van der Waals surface area contributed by atoms with Crippen LogP contribution in [0.25, 0.3) is 11.1 Å². The molecule has 2 aromatic rings. The Balaban J connectivity index is 1.65. The van der Waals surface area contributed by atoms with Crippen LogP contribution in [0.1, 0.15) is 18.5 Å². The summed E-state index contributed by atoms with van der Waals surface area (Å²) in [5.41, 5.74) is 7.95. The molecule has 1 saturated heterocycles. The first-order valence-corrected chi connectivity index (χ1v) is 8.43. The third kappa shape index (κ3) is 2.40. The fourth-order valence-corrected chi connectivity index (χ4v) is 4.40. The van der Waals surface area contributed by atoms with E-state index in [1.165, 1.54) is 0 Å². The molecule has 0 bridgehead atoms. The molecule has 24 heavy (non-hydrogen) atoms. The lowest BCUT2D eigenvalue weighted by Gasteiger charge is -2.22. The Labute approximate surface area is 140 Å². The van der Waals surface area contributed by atoms with E-state index in [2.05, 4.69) is 5.10 Å². The summed E-state index contributed by atoms with van der Waals surface area (Å²) in [4.78, 5) is 1.97. The van der Waals surface area contributed by atoms with Crippen LogP contribution in [0.5, 0.6) is 0 Å². The van der Waals surface area contributed by atoms with Gasteiger partial charge in [0.2, 0.25) is 0 Å². The van der Waals surface area contributed by atoms with Gasteiger partial charge in [0.15, 0.2) is 11.6 Å². The van der Waals surface area contributed by atoms with Gasteiger partial charge in [0.05, 0.1) is 11.4 Å². The molecule has 1 aliphatic heterocycles. The molecule has 0 amide bonds. The molecule has 2 atom stereocenters. The Bertz CT molecular complexity index is 772. The van der Waals surface area contributed by atoms with E-state index in [1.807, 2.05) is 4.90 Å². The van der Waals surface area contributed by atoms with E-state index < -0.39 is 11.6 Å². The Kier molecular flexibility index (Phi) is 3.60. The van der Waals surface area contributed by atoms with E-state index in [4.69, 9.17) is 5.73 Å². The first-order valence-electron chi connectivity index (χ1n) is 8.43. The van der Waals surface area contributed by atoms with E-state index in [9.17, 15) is 8.78 Å². The smallest absolute Gasteiger partial charge is 0.182 e. The zero-order valence-electron chi connectivity index (χ0n) is 14.0. The molecule has 1 aromatic carbocycles. The molecular weight excluding hydrogens is 310 g/mol. The van der Waals surface area contributed by atoms with Gasteiger partial charge in [-0.2, -0.15) is 5.10 Å². The van der Waals surface area contributed by atoms with Crippen molar-refractivity contribution in [1.82, 2.24) is 9.78 Å². The second-order valence-corrected chi connectivity index (χ2v) is 7.22. The van der Waals surface area contributed by atoms with Crippen LogP contribution in [0.2, 0.25) is 0 Å². The number of halogens is 2. The maximum atomic E-state index is 14.7. The quantitative estimate of drug-likeness (QED) is 0.920. The van der Waals surface area contributed by atoms with Crippen LogP contribution in [-0.2, 0) is 7.05 Å². The summed E-state index contributed by atoms with van der Waals surface area (Å²) in [5.74, 6) is -0.553. The lowest BCUT2D eigenvalue weighted by atomic mass is 10.0. The Morgan fingerprint density at radius 3 is 2.33 bits per heavy atom. The molecule has 2 N–H and O–H groups in total. The molecule has 0 radical (unpaired) electrons. The molecule has 2 heterocycles. The number of nitrogens with zero attached hydrogens (tertiary/aromatic N) is 3. The number of anilines is 1. The molecule has 2 fully saturated rings. The van der Waals surface area contributed by atoms with E-state index in [0.29, 0.717) is 28.8 Å². The molecule has 4 rings (SSSR count). The summed E-state index contributed by atoms with van der Waals surface area (Å²) in [6, 6.07) is 3.62. The Morgan fingerprint density at radius 1 is 1.08 bits per heavy atom. The minimum atomic E-state index is -0.794. The summed E-state index contributed by atoms with van der Waals surface area (Å²) >= 11 is 0. The third-order valence-corrected chi connectivity index (χ3v) is 5.49. The van der Waals surface area contributed by atoms with Gasteiger partial charge >= 0.3 is 0 Å². The van der Waals surface area contributed by atoms with Crippen molar-refractivity contribution in [1.29, 1.82) is 0 Å². The molecule has 0 unspecified atom stereocenters. The highest BCUT2D eigenvalue weighted by molar-refractivity contribution is 5.69. The van der Waals surface area contributed by atoms with Crippen molar-refractivity contribution >= 4 is 5.69 Å². The van der Waals surface area contributed by atoms with E-state index in [-0.39, 0.29) is 11.6 Å². The number of nitrogens with two attached hydrogens (primary N) is 1. The van der Waals surface area contributed by atoms with Gasteiger partial charge in [-0.3, -0.25) is 4.68 Å². The van der Waals surface area contributed by atoms with Gasteiger partial charge < -0.3 is 10.6 Å². The summed E-state index contributed by atoms with van der Waals surface area (Å²) in [7, 11) is 1.77. The van der Waals surface area contributed by atoms with Crippen LogP contribution in [-0.4, -0.2) is 28.9 Å². The average Bonchev–Trinajstić information content (AvgIpc) is 3.14. The average molecular weight is 332 g/mol. The van der Waals surface area contributed by atoms with Gasteiger partial charge in [-0.1, -0.05) is 0 Å². The molecule has 1 aliphatic carbocycles. The molecule has 2 aliphatic rings. The van der Waals surface area contributed by atoms with Crippen molar-refractivity contribution in [2.75, 3.05) is 18.0 Å². The molecule has 1 aromatic heterocycles. The SMILES string of the molecule is Cc1nn(C)cc1-c1ccc(N2C[C@@H]3CC(N)C[C@H]3C2)c(F)c1F. The van der Waals surface area contributed by atoms with Crippen molar-refractivity contribution in [3.05, 3.63) is 35.7 Å². The second kappa shape index (κ2) is 5.55. The molecule has 0 spiro atoms. The molecule has 4 nitrogen and oxygen atoms in total. The standard InChI is InChI=1S/C18H22F2N4/c1-10-15(9-23(2)22-10)14-3-4-16(18(20)17(14)19)24-7-11-5-13(21)6-12(11)8-24/h3-4,9,11-13H,5-8,21H2,1-2H3/t11-,12-/m0/s1. The minimum absolute atomic E-state index is 0.264. The lowest BCUT2D eigenvalue weighted by Crippen LogP contribution is -2.26. The summed E-state index contributed by atoms with van der Waals surface area (Å²) < 4.78 is 31.0. The van der Waals surface area contributed by atoms with Crippen LogP contribution in [0.4, 0.5) is 14.5 Å². The van der Waals surface area contributed by atoms with Crippen LogP contribution < -0.4 is 10.6 Å². The molecule has 1 saturated carbocycles. The highest BCUT2D eigenvalue weighted by atomic mass is 19.2. The van der Waals surface area contributed by atoms with E-state index in [1.54, 1.807) is 37.0 Å². The number of fused-ring (bicyclic) bond motifs is 1. The Hall–Kier alpha value is -1.95. The van der Waals surface area contributed by atoms with Crippen molar-refractivity contribution in [2.45, 2.75) is 25.8 Å². The van der Waals surface area contributed by atoms with E-state index in [0.717, 1.165) is 25.9 Å². The summed E-state index contributed by atoms with van der Waals surface area (Å²) in [5, 5.41) is 4.21. The van der Waals surface area contributed by atoms with E-state index >= 15 is 0 Å². The number of aryl methyl sites for hydroxylation is 2. The number of aromatic nitrogens is 2. The predicted octanol–water partition coefficient (Wildman–Crippen LogP) is 2.85. The van der Waals surface area contributed by atoms with Crippen LogP contribution >= 0.6 is 0 Å². The van der Waals surface area contributed by atoms with Crippen LogP contribution in [0, 0.1) is 30.4 Å². The van der Waals surface area contributed by atoms with Crippen molar-refractivity contribution in [3.8, 4) is 11.1 Å². The maximum absolute atomic E-state index is 14.7. The monoisotopic (exact) mass is 332 g/mol. The minimum Gasteiger partial charge on any atom is -0.369 e. The number of hydrogen-bond donors (Lipinski definition) is 1. The van der Waals surface area contributed by atoms with Gasteiger partial charge in [0.25, 0.3) is 0 Å². The fourth-order valence-electron chi connectivity index (χ4n) is 4.40. The lowest BCUT2D eigenvalue weighted by molar-refractivity contribution is 0.494. The zero-order valence-corrected chi connectivity index (χ0v) is 14.0. The number of benzene rings is 1. The number of rotatable bonds is 2. The van der Waals surface area contributed by atoms with Gasteiger partial charge in [0, 0.05) is 43.5 Å².